The first-order chi connectivity index (χ1) is 11.3. The van der Waals surface area contributed by atoms with Crippen molar-refractivity contribution < 1.29 is 4.79 Å². The lowest BCUT2D eigenvalue weighted by molar-refractivity contribution is 0.0956. The third kappa shape index (κ3) is 2.75. The summed E-state index contributed by atoms with van der Waals surface area (Å²) in [5, 5.41) is 10.2. The highest BCUT2D eigenvalue weighted by Crippen LogP contribution is 2.38. The summed E-state index contributed by atoms with van der Waals surface area (Å²) < 4.78 is 0. The van der Waals surface area contributed by atoms with E-state index >= 15 is 0 Å². The molecule has 1 aromatic carbocycles. The molecule has 0 saturated heterocycles. The van der Waals surface area contributed by atoms with E-state index in [-0.39, 0.29) is 11.3 Å². The van der Waals surface area contributed by atoms with Crippen LogP contribution in [0, 0.1) is 12.8 Å². The summed E-state index contributed by atoms with van der Waals surface area (Å²) in [5.74, 6) is 0.211. The number of amides is 1. The van der Waals surface area contributed by atoms with Crippen molar-refractivity contribution in [2.75, 3.05) is 6.54 Å². The molecule has 1 amide bonds. The van der Waals surface area contributed by atoms with Crippen LogP contribution >= 0.6 is 0 Å². The second kappa shape index (κ2) is 5.89. The van der Waals surface area contributed by atoms with Crippen LogP contribution in [0.3, 0.4) is 0 Å². The summed E-state index contributed by atoms with van der Waals surface area (Å²) in [5.41, 5.74) is 4.83. The summed E-state index contributed by atoms with van der Waals surface area (Å²) in [7, 11) is 0. The Kier molecular flexibility index (Phi) is 4.03. The van der Waals surface area contributed by atoms with Crippen LogP contribution in [0.4, 0.5) is 5.69 Å². The van der Waals surface area contributed by atoms with Crippen molar-refractivity contribution in [3.63, 3.8) is 0 Å². The molecule has 0 radical (unpaired) electrons. The molecule has 0 spiro atoms. The third-order valence-electron chi connectivity index (χ3n) is 5.07. The first-order valence-corrected chi connectivity index (χ1v) is 8.32. The lowest BCUT2D eigenvalue weighted by Gasteiger charge is -2.27. The maximum atomic E-state index is 12.4. The summed E-state index contributed by atoms with van der Waals surface area (Å²) in [4.78, 5) is 17.2. The van der Waals surface area contributed by atoms with Crippen LogP contribution in [-0.4, -0.2) is 28.4 Å². The minimum atomic E-state index is -0.184. The van der Waals surface area contributed by atoms with E-state index in [2.05, 4.69) is 62.3 Å². The molecule has 0 aliphatic carbocycles. The van der Waals surface area contributed by atoms with Crippen molar-refractivity contribution in [3.8, 4) is 0 Å². The van der Waals surface area contributed by atoms with E-state index in [1.165, 1.54) is 5.56 Å². The Labute approximate surface area is 142 Å². The number of rotatable bonds is 3. The molecular weight excluding hydrogens is 300 g/mol. The number of aliphatic imine (C=N–C) groups is 1. The van der Waals surface area contributed by atoms with Gasteiger partial charge in [0.2, 0.25) is 0 Å². The van der Waals surface area contributed by atoms with Crippen molar-refractivity contribution in [1.82, 2.24) is 15.5 Å². The van der Waals surface area contributed by atoms with E-state index in [1.807, 2.05) is 12.1 Å². The number of aromatic nitrogens is 2. The maximum absolute atomic E-state index is 12.4. The Morgan fingerprint density at radius 3 is 2.46 bits per heavy atom. The standard InChI is InChI=1S/C19H24N4O/c1-11(2)19(4,5)17-15-16(22-23-17)18(24)20-10-14(21-15)13-8-6-12(3)7-9-13/h6-9,11H,10H2,1-5H3,(H,20,24)(H,22,23). The zero-order chi connectivity index (χ0) is 17.5. The molecule has 0 bridgehead atoms. The Bertz CT molecular complexity index is 797. The number of carbonyl (C=O) groups excluding carboxylic acids is 1. The SMILES string of the molecule is Cc1ccc(C2=Nc3c(C(C)(C)C(C)C)n[nH]c3C(=O)NC2)cc1. The number of carbonyl (C=O) groups is 1. The maximum Gasteiger partial charge on any atom is 0.271 e. The fraction of sp³-hybridized carbons (Fsp3) is 0.421. The van der Waals surface area contributed by atoms with Gasteiger partial charge in [0.05, 0.1) is 18.0 Å². The van der Waals surface area contributed by atoms with Crippen molar-refractivity contribution in [2.45, 2.75) is 40.0 Å². The lowest BCUT2D eigenvalue weighted by atomic mass is 9.77. The van der Waals surface area contributed by atoms with Gasteiger partial charge in [0.15, 0.2) is 0 Å². The predicted octanol–water partition coefficient (Wildman–Crippen LogP) is 3.52. The Balaban J connectivity index is 2.14. The molecule has 126 valence electrons. The first-order valence-electron chi connectivity index (χ1n) is 8.32. The lowest BCUT2D eigenvalue weighted by Crippen LogP contribution is -2.28. The van der Waals surface area contributed by atoms with Crippen molar-refractivity contribution in [2.24, 2.45) is 10.9 Å². The fourth-order valence-corrected chi connectivity index (χ4v) is 2.67. The molecular formula is C19H24N4O. The molecule has 1 aliphatic heterocycles. The predicted molar refractivity (Wildman–Crippen MR) is 96.2 cm³/mol. The molecule has 1 aromatic heterocycles. The number of hydrogen-bond acceptors (Lipinski definition) is 3. The van der Waals surface area contributed by atoms with Crippen molar-refractivity contribution >= 4 is 17.3 Å². The van der Waals surface area contributed by atoms with E-state index in [0.717, 1.165) is 17.0 Å². The van der Waals surface area contributed by atoms with Crippen molar-refractivity contribution in [1.29, 1.82) is 0 Å². The normalized spacial score (nSPS) is 14.9. The Morgan fingerprint density at radius 1 is 1.17 bits per heavy atom. The molecule has 2 aromatic rings. The number of aromatic amines is 1. The van der Waals surface area contributed by atoms with Crippen LogP contribution in [0.1, 0.15) is 55.0 Å². The molecule has 0 unspecified atom stereocenters. The topological polar surface area (TPSA) is 70.1 Å². The number of nitrogens with zero attached hydrogens (tertiary/aromatic N) is 2. The average molecular weight is 324 g/mol. The van der Waals surface area contributed by atoms with Gasteiger partial charge in [-0.25, -0.2) is 4.99 Å². The zero-order valence-corrected chi connectivity index (χ0v) is 14.9. The smallest absolute Gasteiger partial charge is 0.271 e. The zero-order valence-electron chi connectivity index (χ0n) is 14.9. The summed E-state index contributed by atoms with van der Waals surface area (Å²) >= 11 is 0. The van der Waals surface area contributed by atoms with Gasteiger partial charge in [-0.3, -0.25) is 9.89 Å². The number of fused-ring (bicyclic) bond motifs is 1. The minimum absolute atomic E-state index is 0.158. The largest absolute Gasteiger partial charge is 0.345 e. The van der Waals surface area contributed by atoms with Gasteiger partial charge in [0.1, 0.15) is 11.4 Å². The van der Waals surface area contributed by atoms with Gasteiger partial charge in [-0.1, -0.05) is 57.5 Å². The quantitative estimate of drug-likeness (QED) is 0.907. The highest BCUT2D eigenvalue weighted by molar-refractivity contribution is 6.10. The van der Waals surface area contributed by atoms with E-state index in [0.29, 0.717) is 23.8 Å². The summed E-state index contributed by atoms with van der Waals surface area (Å²) in [6.07, 6.45) is 0. The molecule has 0 saturated carbocycles. The van der Waals surface area contributed by atoms with Crippen LogP contribution in [0.25, 0.3) is 0 Å². The van der Waals surface area contributed by atoms with Gasteiger partial charge in [0.25, 0.3) is 5.91 Å². The first kappa shape index (κ1) is 16.4. The molecule has 3 rings (SSSR count). The van der Waals surface area contributed by atoms with E-state index in [9.17, 15) is 4.79 Å². The van der Waals surface area contributed by atoms with Gasteiger partial charge in [-0.2, -0.15) is 5.10 Å². The minimum Gasteiger partial charge on any atom is -0.345 e. The monoisotopic (exact) mass is 324 g/mol. The highest BCUT2D eigenvalue weighted by atomic mass is 16.2. The fourth-order valence-electron chi connectivity index (χ4n) is 2.67. The van der Waals surface area contributed by atoms with Crippen LogP contribution in [0.5, 0.6) is 0 Å². The average Bonchev–Trinajstić information content (AvgIpc) is 2.89. The van der Waals surface area contributed by atoms with Gasteiger partial charge in [0, 0.05) is 5.41 Å². The molecule has 24 heavy (non-hydrogen) atoms. The molecule has 0 atom stereocenters. The molecule has 5 heteroatoms. The van der Waals surface area contributed by atoms with E-state index < -0.39 is 0 Å². The van der Waals surface area contributed by atoms with Crippen LogP contribution in [-0.2, 0) is 5.41 Å². The van der Waals surface area contributed by atoms with E-state index in [1.54, 1.807) is 0 Å². The second-order valence-electron chi connectivity index (χ2n) is 7.28. The van der Waals surface area contributed by atoms with Crippen LogP contribution in [0.15, 0.2) is 29.3 Å². The molecule has 1 aliphatic rings. The van der Waals surface area contributed by atoms with Gasteiger partial charge >= 0.3 is 0 Å². The van der Waals surface area contributed by atoms with Gasteiger partial charge in [-0.15, -0.1) is 0 Å². The summed E-state index contributed by atoms with van der Waals surface area (Å²) in [6, 6.07) is 8.19. The third-order valence-corrected chi connectivity index (χ3v) is 5.07. The molecule has 2 N–H and O–H groups in total. The second-order valence-corrected chi connectivity index (χ2v) is 7.28. The van der Waals surface area contributed by atoms with Gasteiger partial charge < -0.3 is 5.32 Å². The molecule has 2 heterocycles. The molecule has 0 fully saturated rings. The van der Waals surface area contributed by atoms with Crippen LogP contribution in [0.2, 0.25) is 0 Å². The summed E-state index contributed by atoms with van der Waals surface area (Å²) in [6.45, 7) is 11.0. The number of aryl methyl sites for hydroxylation is 1. The van der Waals surface area contributed by atoms with E-state index in [4.69, 9.17) is 4.99 Å². The molecule has 5 nitrogen and oxygen atoms in total. The number of hydrogen-bond donors (Lipinski definition) is 2. The number of H-pyrrole nitrogens is 1. The Hall–Kier alpha value is -2.43. The highest BCUT2D eigenvalue weighted by Gasteiger charge is 2.34. The van der Waals surface area contributed by atoms with Gasteiger partial charge in [-0.05, 0) is 18.4 Å². The van der Waals surface area contributed by atoms with Crippen LogP contribution < -0.4 is 5.32 Å². The van der Waals surface area contributed by atoms with Crippen molar-refractivity contribution in [3.05, 3.63) is 46.8 Å². The number of benzene rings is 1. The Morgan fingerprint density at radius 2 is 1.83 bits per heavy atom. The number of nitrogens with one attached hydrogen (secondary N) is 2.